The summed E-state index contributed by atoms with van der Waals surface area (Å²) < 4.78 is 9.99. The van der Waals surface area contributed by atoms with Crippen molar-refractivity contribution < 1.29 is 28.7 Å². The first-order chi connectivity index (χ1) is 15.4. The Balaban J connectivity index is 3.09. The third-order valence-electron chi connectivity index (χ3n) is 4.36. The Hall–Kier alpha value is -3.54. The summed E-state index contributed by atoms with van der Waals surface area (Å²) in [4.78, 5) is 50.4. The van der Waals surface area contributed by atoms with Crippen molar-refractivity contribution in [1.82, 2.24) is 15.5 Å². The van der Waals surface area contributed by atoms with Gasteiger partial charge in [0.05, 0.1) is 13.0 Å². The number of carbonyl (C=O) groups excluding carboxylic acids is 4. The molecule has 2 N–H and O–H groups in total. The molecule has 0 bridgehead atoms. The largest absolute Gasteiger partial charge is 0.466 e. The van der Waals surface area contributed by atoms with Gasteiger partial charge in [0.25, 0.3) is 5.91 Å². The monoisotopic (exact) mass is 459 g/mol. The Morgan fingerprint density at radius 3 is 2.39 bits per heavy atom. The van der Waals surface area contributed by atoms with Crippen LogP contribution in [0.25, 0.3) is 0 Å². The number of alkyl carbamates (subject to hydrolysis) is 1. The predicted octanol–water partition coefficient (Wildman–Crippen LogP) is 2.36. The number of terminal acetylenes is 1. The zero-order valence-electron chi connectivity index (χ0n) is 20.1. The van der Waals surface area contributed by atoms with Gasteiger partial charge in [-0.05, 0) is 52.7 Å². The fourth-order valence-corrected chi connectivity index (χ4v) is 2.91. The highest BCUT2D eigenvalue weighted by Gasteiger charge is 2.32. The lowest BCUT2D eigenvalue weighted by molar-refractivity contribution is -0.143. The van der Waals surface area contributed by atoms with Crippen LogP contribution in [-0.4, -0.2) is 54.1 Å². The van der Waals surface area contributed by atoms with E-state index in [2.05, 4.69) is 16.7 Å². The van der Waals surface area contributed by atoms with Gasteiger partial charge in [-0.15, -0.1) is 0 Å². The summed E-state index contributed by atoms with van der Waals surface area (Å²) in [6, 6.07) is 6.56. The molecule has 0 aliphatic carbocycles. The van der Waals surface area contributed by atoms with E-state index in [0.29, 0.717) is 5.56 Å². The number of amides is 3. The van der Waals surface area contributed by atoms with Crippen LogP contribution in [0.4, 0.5) is 4.79 Å². The Kier molecular flexibility index (Phi) is 10.4. The van der Waals surface area contributed by atoms with Gasteiger partial charge in [0, 0.05) is 12.6 Å². The second-order valence-corrected chi connectivity index (χ2v) is 8.36. The fraction of sp³-hybridized carbons (Fsp3) is 0.500. The van der Waals surface area contributed by atoms with Gasteiger partial charge in [-0.3, -0.25) is 19.3 Å². The van der Waals surface area contributed by atoms with E-state index < -0.39 is 42.1 Å². The third-order valence-corrected chi connectivity index (χ3v) is 4.36. The lowest BCUT2D eigenvalue weighted by atomic mass is 9.97. The average molecular weight is 460 g/mol. The number of rotatable bonds is 9. The summed E-state index contributed by atoms with van der Waals surface area (Å²) in [5, 5.41) is 5.00. The Bertz CT molecular complexity index is 914. The van der Waals surface area contributed by atoms with E-state index in [0.717, 1.165) is 16.0 Å². The summed E-state index contributed by atoms with van der Waals surface area (Å²) in [5.41, 5.74) is 1.42. The molecular weight excluding hydrogens is 426 g/mol. The number of nitrogens with zero attached hydrogens (tertiary/aromatic N) is 1. The molecule has 9 nitrogen and oxygen atoms in total. The molecule has 33 heavy (non-hydrogen) atoms. The van der Waals surface area contributed by atoms with E-state index in [9.17, 15) is 19.2 Å². The van der Waals surface area contributed by atoms with E-state index in [1.54, 1.807) is 40.7 Å². The molecule has 1 unspecified atom stereocenters. The van der Waals surface area contributed by atoms with Crippen molar-refractivity contribution in [3.8, 4) is 12.5 Å². The summed E-state index contributed by atoms with van der Waals surface area (Å²) in [6.07, 6.45) is 4.81. The number of aryl methyl sites for hydroxylation is 2. The number of hydrogen-bond acceptors (Lipinski definition) is 6. The molecule has 0 saturated carbocycles. The Morgan fingerprint density at radius 1 is 1.15 bits per heavy atom. The first-order valence-corrected chi connectivity index (χ1v) is 10.6. The second kappa shape index (κ2) is 12.5. The van der Waals surface area contributed by atoms with Crippen LogP contribution in [0.3, 0.4) is 0 Å². The van der Waals surface area contributed by atoms with E-state index in [1.807, 2.05) is 19.1 Å². The van der Waals surface area contributed by atoms with Crippen molar-refractivity contribution in [3.05, 3.63) is 34.9 Å². The molecule has 0 fully saturated rings. The van der Waals surface area contributed by atoms with Crippen LogP contribution in [0.15, 0.2) is 18.2 Å². The van der Waals surface area contributed by atoms with Crippen LogP contribution in [-0.2, 0) is 23.9 Å². The fourth-order valence-electron chi connectivity index (χ4n) is 2.91. The summed E-state index contributed by atoms with van der Waals surface area (Å²) in [7, 11) is 0. The van der Waals surface area contributed by atoms with Crippen molar-refractivity contribution in [2.24, 2.45) is 0 Å². The summed E-state index contributed by atoms with van der Waals surface area (Å²) in [6.45, 7) is 10.2. The van der Waals surface area contributed by atoms with Crippen molar-refractivity contribution in [3.63, 3.8) is 0 Å². The third kappa shape index (κ3) is 9.23. The van der Waals surface area contributed by atoms with Crippen molar-refractivity contribution in [1.29, 1.82) is 0 Å². The molecule has 0 heterocycles. The molecule has 3 amide bonds. The molecule has 9 heteroatoms. The molecule has 0 radical (unpaired) electrons. The highest BCUT2D eigenvalue weighted by molar-refractivity contribution is 5.92. The topological polar surface area (TPSA) is 114 Å². The highest BCUT2D eigenvalue weighted by atomic mass is 16.6. The second-order valence-electron chi connectivity index (χ2n) is 8.36. The molecule has 0 spiro atoms. The van der Waals surface area contributed by atoms with Crippen molar-refractivity contribution in [2.75, 3.05) is 19.7 Å². The van der Waals surface area contributed by atoms with E-state index >= 15 is 0 Å². The number of hydrogen-bond donors (Lipinski definition) is 2. The first kappa shape index (κ1) is 27.5. The normalized spacial score (nSPS) is 11.5. The maximum Gasteiger partial charge on any atom is 0.408 e. The maximum atomic E-state index is 13.1. The van der Waals surface area contributed by atoms with Crippen LogP contribution in [0.1, 0.15) is 56.8 Å². The number of esters is 1. The molecule has 1 atom stereocenters. The highest BCUT2D eigenvalue weighted by Crippen LogP contribution is 2.25. The van der Waals surface area contributed by atoms with Crippen LogP contribution in [0.2, 0.25) is 0 Å². The van der Waals surface area contributed by atoms with Gasteiger partial charge < -0.3 is 20.1 Å². The predicted molar refractivity (Wildman–Crippen MR) is 123 cm³/mol. The molecule has 0 aliphatic heterocycles. The number of ether oxygens (including phenoxy) is 2. The van der Waals surface area contributed by atoms with Crippen LogP contribution < -0.4 is 10.6 Å². The van der Waals surface area contributed by atoms with Gasteiger partial charge in [0.2, 0.25) is 5.91 Å². The molecule has 0 aromatic heterocycles. The quantitative estimate of drug-likeness (QED) is 0.333. The molecule has 180 valence electrons. The zero-order chi connectivity index (χ0) is 25.2. The lowest BCUT2D eigenvalue weighted by Crippen LogP contribution is -2.46. The first-order valence-electron chi connectivity index (χ1n) is 10.6. The van der Waals surface area contributed by atoms with Gasteiger partial charge in [-0.2, -0.15) is 0 Å². The standard InChI is InChI=1S/C24H33N3O6/c1-8-27(19(28)15-26-23(31)33-24(5,6)7)21(18-14-16(3)10-11-17(18)4)22(30)25-13-12-20(29)32-9-2/h1,10-11,14,21H,9,12-13,15H2,2-7H3,(H,25,30)(H,26,31). The molecule has 0 aliphatic rings. The lowest BCUT2D eigenvalue weighted by Gasteiger charge is -2.28. The van der Waals surface area contributed by atoms with E-state index in [4.69, 9.17) is 15.9 Å². The SMILES string of the molecule is C#CN(C(=O)CNC(=O)OC(C)(C)C)C(C(=O)NCCC(=O)OCC)c1cc(C)ccc1C. The number of nitrogens with one attached hydrogen (secondary N) is 2. The van der Waals surface area contributed by atoms with Crippen molar-refractivity contribution in [2.45, 2.75) is 59.6 Å². The van der Waals surface area contributed by atoms with Gasteiger partial charge in [0.15, 0.2) is 0 Å². The minimum atomic E-state index is -1.16. The van der Waals surface area contributed by atoms with Gasteiger partial charge in [-0.25, -0.2) is 4.79 Å². The molecule has 1 aromatic rings. The Morgan fingerprint density at radius 2 is 1.82 bits per heavy atom. The smallest absolute Gasteiger partial charge is 0.408 e. The van der Waals surface area contributed by atoms with Gasteiger partial charge in [0.1, 0.15) is 18.2 Å². The number of carbonyl (C=O) groups is 4. The maximum absolute atomic E-state index is 13.1. The molecule has 1 rings (SSSR count). The van der Waals surface area contributed by atoms with Crippen LogP contribution >= 0.6 is 0 Å². The number of benzene rings is 1. The summed E-state index contributed by atoms with van der Waals surface area (Å²) in [5.74, 6) is -1.68. The van der Waals surface area contributed by atoms with Crippen LogP contribution in [0, 0.1) is 26.3 Å². The molecule has 0 saturated heterocycles. The van der Waals surface area contributed by atoms with Gasteiger partial charge in [-0.1, -0.05) is 30.2 Å². The minimum absolute atomic E-state index is 0.0157. The molecule has 1 aromatic carbocycles. The van der Waals surface area contributed by atoms with Crippen molar-refractivity contribution >= 4 is 23.9 Å². The van der Waals surface area contributed by atoms with Crippen LogP contribution in [0.5, 0.6) is 0 Å². The van der Waals surface area contributed by atoms with E-state index in [-0.39, 0.29) is 19.6 Å². The summed E-state index contributed by atoms with van der Waals surface area (Å²) >= 11 is 0. The average Bonchev–Trinajstić information content (AvgIpc) is 2.71. The molecular formula is C24H33N3O6. The zero-order valence-corrected chi connectivity index (χ0v) is 20.1. The van der Waals surface area contributed by atoms with E-state index in [1.165, 1.54) is 0 Å². The Labute approximate surface area is 195 Å². The van der Waals surface area contributed by atoms with Gasteiger partial charge >= 0.3 is 12.1 Å². The minimum Gasteiger partial charge on any atom is -0.466 e.